The fraction of sp³-hybridized carbons (Fsp3) is 0.481. The lowest BCUT2D eigenvalue weighted by Gasteiger charge is -2.34. The van der Waals surface area contributed by atoms with E-state index in [1.807, 2.05) is 32.0 Å². The first-order valence-corrected chi connectivity index (χ1v) is 12.1. The Hall–Kier alpha value is -2.70. The number of benzene rings is 2. The van der Waals surface area contributed by atoms with Crippen molar-refractivity contribution in [1.29, 1.82) is 0 Å². The zero-order chi connectivity index (χ0) is 23.4. The highest BCUT2D eigenvalue weighted by molar-refractivity contribution is 6.00. The van der Waals surface area contributed by atoms with Gasteiger partial charge in [0.05, 0.1) is 5.92 Å². The summed E-state index contributed by atoms with van der Waals surface area (Å²) in [6, 6.07) is 14.5. The lowest BCUT2D eigenvalue weighted by molar-refractivity contribution is -0.126. The number of rotatable bonds is 7. The fourth-order valence-electron chi connectivity index (χ4n) is 4.76. The number of carbonyl (C=O) groups is 2. The zero-order valence-corrected chi connectivity index (χ0v) is 20.1. The Bertz CT molecular complexity index is 980. The maximum absolute atomic E-state index is 12.8. The van der Waals surface area contributed by atoms with Gasteiger partial charge in [-0.15, -0.1) is 0 Å². The first-order chi connectivity index (χ1) is 15.9. The predicted octanol–water partition coefficient (Wildman–Crippen LogP) is 3.11. The zero-order valence-electron chi connectivity index (χ0n) is 20.1. The summed E-state index contributed by atoms with van der Waals surface area (Å²) in [5.74, 6) is -0.333. The topological polar surface area (TPSA) is 55.9 Å². The number of anilines is 1. The van der Waals surface area contributed by atoms with Crippen LogP contribution in [-0.4, -0.2) is 60.9 Å². The number of nitrogens with one attached hydrogen (secondary N) is 1. The monoisotopic (exact) mass is 448 g/mol. The van der Waals surface area contributed by atoms with Crippen LogP contribution >= 0.6 is 0 Å². The molecular formula is C27H36N4O2. The van der Waals surface area contributed by atoms with Crippen LogP contribution in [0.1, 0.15) is 35.6 Å². The van der Waals surface area contributed by atoms with Crippen molar-refractivity contribution in [1.82, 2.24) is 15.1 Å². The molecule has 0 saturated carbocycles. The van der Waals surface area contributed by atoms with Crippen LogP contribution < -0.4 is 10.2 Å². The number of piperazine rings is 1. The molecule has 2 aliphatic rings. The van der Waals surface area contributed by atoms with Gasteiger partial charge in [0.2, 0.25) is 11.8 Å². The van der Waals surface area contributed by atoms with Gasteiger partial charge in [0.15, 0.2) is 0 Å². The highest BCUT2D eigenvalue weighted by Crippen LogP contribution is 2.29. The third-order valence-electron chi connectivity index (χ3n) is 7.17. The van der Waals surface area contributed by atoms with Crippen molar-refractivity contribution < 1.29 is 9.59 Å². The lowest BCUT2D eigenvalue weighted by Crippen LogP contribution is -2.45. The molecule has 33 heavy (non-hydrogen) atoms. The second-order valence-corrected chi connectivity index (χ2v) is 9.37. The average molecular weight is 449 g/mol. The van der Waals surface area contributed by atoms with Crippen LogP contribution in [-0.2, 0) is 22.7 Å². The van der Waals surface area contributed by atoms with Crippen molar-refractivity contribution in [2.45, 2.75) is 40.3 Å². The van der Waals surface area contributed by atoms with Gasteiger partial charge in [-0.05, 0) is 48.7 Å². The molecule has 2 aromatic carbocycles. The predicted molar refractivity (Wildman–Crippen MR) is 132 cm³/mol. The molecular weight excluding hydrogens is 412 g/mol. The molecule has 0 bridgehead atoms. The van der Waals surface area contributed by atoms with E-state index in [0.29, 0.717) is 13.1 Å². The number of nitrogens with zero attached hydrogens (tertiary/aromatic N) is 3. The number of amides is 2. The summed E-state index contributed by atoms with van der Waals surface area (Å²) in [5, 5.41) is 3.04. The molecule has 1 N–H and O–H groups in total. The summed E-state index contributed by atoms with van der Waals surface area (Å²) < 4.78 is 0. The van der Waals surface area contributed by atoms with Crippen molar-refractivity contribution in [2.24, 2.45) is 5.92 Å². The van der Waals surface area contributed by atoms with E-state index in [2.05, 4.69) is 46.3 Å². The van der Waals surface area contributed by atoms with Gasteiger partial charge in [0.25, 0.3) is 0 Å². The average Bonchev–Trinajstić information content (AvgIpc) is 3.22. The van der Waals surface area contributed by atoms with Crippen LogP contribution in [0.25, 0.3) is 0 Å². The second-order valence-electron chi connectivity index (χ2n) is 9.37. The molecule has 0 aromatic heterocycles. The van der Waals surface area contributed by atoms with Crippen LogP contribution in [0.15, 0.2) is 42.5 Å². The van der Waals surface area contributed by atoms with E-state index in [9.17, 15) is 9.59 Å². The Morgan fingerprint density at radius 2 is 1.64 bits per heavy atom. The summed E-state index contributed by atoms with van der Waals surface area (Å²) in [6.45, 7) is 13.9. The Balaban J connectivity index is 1.27. The van der Waals surface area contributed by atoms with Crippen LogP contribution in [0.2, 0.25) is 0 Å². The molecule has 2 aliphatic heterocycles. The maximum Gasteiger partial charge on any atom is 0.227 e. The van der Waals surface area contributed by atoms with E-state index in [4.69, 9.17) is 0 Å². The van der Waals surface area contributed by atoms with Crippen molar-refractivity contribution in [3.05, 3.63) is 64.7 Å². The normalized spacial score (nSPS) is 19.8. The van der Waals surface area contributed by atoms with Crippen molar-refractivity contribution in [3.63, 3.8) is 0 Å². The molecule has 6 heteroatoms. The second kappa shape index (κ2) is 10.5. The smallest absolute Gasteiger partial charge is 0.227 e. The van der Waals surface area contributed by atoms with Gasteiger partial charge in [0, 0.05) is 57.9 Å². The van der Waals surface area contributed by atoms with Crippen LogP contribution in [0.3, 0.4) is 0 Å². The van der Waals surface area contributed by atoms with Crippen molar-refractivity contribution in [3.8, 4) is 0 Å². The van der Waals surface area contributed by atoms with Gasteiger partial charge < -0.3 is 15.1 Å². The summed E-state index contributed by atoms with van der Waals surface area (Å²) >= 11 is 0. The molecule has 2 aromatic rings. The molecule has 0 aliphatic carbocycles. The molecule has 0 spiro atoms. The minimum absolute atomic E-state index is 0.0213. The van der Waals surface area contributed by atoms with E-state index in [1.165, 1.54) is 5.56 Å². The highest BCUT2D eigenvalue weighted by Gasteiger charge is 2.35. The van der Waals surface area contributed by atoms with Crippen LogP contribution in [0.4, 0.5) is 5.69 Å². The summed E-state index contributed by atoms with van der Waals surface area (Å²) in [7, 11) is 0. The van der Waals surface area contributed by atoms with Gasteiger partial charge in [-0.2, -0.15) is 0 Å². The number of carbonyl (C=O) groups excluding carboxylic acids is 2. The van der Waals surface area contributed by atoms with Crippen LogP contribution in [0.5, 0.6) is 0 Å². The van der Waals surface area contributed by atoms with Gasteiger partial charge in [-0.25, -0.2) is 0 Å². The maximum atomic E-state index is 12.8. The third-order valence-corrected chi connectivity index (χ3v) is 7.17. The van der Waals surface area contributed by atoms with Gasteiger partial charge in [-0.1, -0.05) is 43.3 Å². The SMILES string of the molecule is CCN1CCN(Cc2ccc(CNC(=O)C3CC(=O)N(c4cccc(C)c4C)C3)cc2)CC1. The Kier molecular flexibility index (Phi) is 7.46. The number of hydrogen-bond acceptors (Lipinski definition) is 4. The van der Waals surface area contributed by atoms with E-state index in [1.54, 1.807) is 4.90 Å². The van der Waals surface area contributed by atoms with Crippen molar-refractivity contribution in [2.75, 3.05) is 44.2 Å². The lowest BCUT2D eigenvalue weighted by atomic mass is 10.1. The van der Waals surface area contributed by atoms with Crippen LogP contribution in [0, 0.1) is 19.8 Å². The van der Waals surface area contributed by atoms with Gasteiger partial charge >= 0.3 is 0 Å². The van der Waals surface area contributed by atoms with E-state index < -0.39 is 0 Å². The standard InChI is InChI=1S/C27H36N4O2/c1-4-29-12-14-30(15-13-29)18-23-10-8-22(9-11-23)17-28-27(33)24-16-26(32)31(19-24)25-7-5-6-20(2)21(25)3/h5-11,24H,4,12-19H2,1-3H3,(H,28,33). The molecule has 2 saturated heterocycles. The third kappa shape index (κ3) is 5.63. The minimum atomic E-state index is -0.307. The van der Waals surface area contributed by atoms with E-state index in [0.717, 1.165) is 61.6 Å². The Labute approximate surface area is 197 Å². The summed E-state index contributed by atoms with van der Waals surface area (Å²) in [6.07, 6.45) is 0.267. The number of likely N-dealkylation sites (N-methyl/N-ethyl adjacent to an activating group) is 1. The number of hydrogen-bond donors (Lipinski definition) is 1. The summed E-state index contributed by atoms with van der Waals surface area (Å²) in [4.78, 5) is 32.1. The first-order valence-electron chi connectivity index (χ1n) is 12.1. The first kappa shape index (κ1) is 23.5. The van der Waals surface area contributed by atoms with E-state index >= 15 is 0 Å². The summed E-state index contributed by atoms with van der Waals surface area (Å²) in [5.41, 5.74) is 5.56. The Morgan fingerprint density at radius 1 is 0.970 bits per heavy atom. The molecule has 0 radical (unpaired) electrons. The molecule has 2 heterocycles. The molecule has 1 atom stereocenters. The largest absolute Gasteiger partial charge is 0.352 e. The molecule has 6 nitrogen and oxygen atoms in total. The minimum Gasteiger partial charge on any atom is -0.352 e. The van der Waals surface area contributed by atoms with Gasteiger partial charge in [0.1, 0.15) is 0 Å². The number of aryl methyl sites for hydroxylation is 1. The van der Waals surface area contributed by atoms with Gasteiger partial charge in [-0.3, -0.25) is 14.5 Å². The molecule has 4 rings (SSSR count). The molecule has 2 amide bonds. The molecule has 2 fully saturated rings. The quantitative estimate of drug-likeness (QED) is 0.707. The molecule has 1 unspecified atom stereocenters. The fourth-order valence-corrected chi connectivity index (χ4v) is 4.76. The Morgan fingerprint density at radius 3 is 2.33 bits per heavy atom. The molecule has 176 valence electrons. The van der Waals surface area contributed by atoms with E-state index in [-0.39, 0.29) is 24.2 Å². The highest BCUT2D eigenvalue weighted by atomic mass is 16.2. The van der Waals surface area contributed by atoms with Crippen molar-refractivity contribution >= 4 is 17.5 Å².